The molecule has 21 heavy (non-hydrogen) atoms. The summed E-state index contributed by atoms with van der Waals surface area (Å²) in [5.41, 5.74) is 2.72. The summed E-state index contributed by atoms with van der Waals surface area (Å²) in [7, 11) is 1.80. The number of pyridine rings is 1. The number of hydrogen-bond acceptors (Lipinski definition) is 3. The van der Waals surface area contributed by atoms with E-state index in [1.54, 1.807) is 13.1 Å². The van der Waals surface area contributed by atoms with Gasteiger partial charge in [0.15, 0.2) is 0 Å². The number of rotatable bonds is 2. The molecule has 1 atom stereocenters. The maximum absolute atomic E-state index is 12.8. The van der Waals surface area contributed by atoms with E-state index in [0.29, 0.717) is 17.4 Å². The lowest BCUT2D eigenvalue weighted by Crippen LogP contribution is -2.39. The van der Waals surface area contributed by atoms with Crippen molar-refractivity contribution in [3.63, 3.8) is 0 Å². The minimum atomic E-state index is -0.0360. The molecule has 1 aliphatic rings. The second-order valence-corrected chi connectivity index (χ2v) is 5.51. The molecule has 0 fully saturated rings. The van der Waals surface area contributed by atoms with Gasteiger partial charge in [0.05, 0.1) is 0 Å². The summed E-state index contributed by atoms with van der Waals surface area (Å²) in [4.78, 5) is 19.0. The third kappa shape index (κ3) is 2.61. The lowest BCUT2D eigenvalue weighted by atomic mass is 9.93. The molecule has 1 N–H and O–H groups in total. The molecule has 2 heterocycles. The average molecular weight is 281 g/mol. The van der Waals surface area contributed by atoms with Crippen molar-refractivity contribution >= 4 is 17.4 Å². The quantitative estimate of drug-likeness (QED) is 0.920. The van der Waals surface area contributed by atoms with E-state index in [1.807, 2.05) is 35.2 Å². The van der Waals surface area contributed by atoms with Crippen LogP contribution in [0.15, 0.2) is 42.5 Å². The number of para-hydroxylation sites is 1. The Balaban J connectivity index is 1.97. The Kier molecular flexibility index (Phi) is 3.60. The second kappa shape index (κ2) is 5.56. The van der Waals surface area contributed by atoms with Crippen molar-refractivity contribution in [1.82, 2.24) is 4.98 Å². The molecule has 1 aromatic heterocycles. The van der Waals surface area contributed by atoms with Gasteiger partial charge in [-0.3, -0.25) is 4.79 Å². The van der Waals surface area contributed by atoms with Crippen LogP contribution in [0.5, 0.6) is 0 Å². The number of hydrogen-bond donors (Lipinski definition) is 1. The molecule has 0 radical (unpaired) electrons. The first-order chi connectivity index (χ1) is 10.2. The topological polar surface area (TPSA) is 45.2 Å². The lowest BCUT2D eigenvalue weighted by molar-refractivity contribution is 0.0976. The molecular weight excluding hydrogens is 262 g/mol. The van der Waals surface area contributed by atoms with Crippen molar-refractivity contribution < 1.29 is 4.79 Å². The maximum atomic E-state index is 12.8. The van der Waals surface area contributed by atoms with E-state index in [0.717, 1.165) is 18.7 Å². The molecule has 2 aromatic rings. The van der Waals surface area contributed by atoms with Crippen LogP contribution in [0.2, 0.25) is 0 Å². The number of aromatic nitrogens is 1. The SMILES string of the molecule is CNc1cccc(C(=O)N2CC(C)Cc3ccccc32)n1. The van der Waals surface area contributed by atoms with Gasteiger partial charge in [0, 0.05) is 19.3 Å². The molecule has 1 aromatic carbocycles. The number of carbonyl (C=O) groups is 1. The zero-order valence-electron chi connectivity index (χ0n) is 12.3. The van der Waals surface area contributed by atoms with E-state index >= 15 is 0 Å². The number of benzene rings is 1. The Labute approximate surface area is 124 Å². The Hall–Kier alpha value is -2.36. The number of carbonyl (C=O) groups excluding carboxylic acids is 1. The molecule has 0 saturated carbocycles. The number of anilines is 2. The molecule has 108 valence electrons. The van der Waals surface area contributed by atoms with Crippen molar-refractivity contribution in [3.8, 4) is 0 Å². The van der Waals surface area contributed by atoms with E-state index in [-0.39, 0.29) is 5.91 Å². The summed E-state index contributed by atoms with van der Waals surface area (Å²) in [6.45, 7) is 2.91. The predicted octanol–water partition coefficient (Wildman–Crippen LogP) is 2.96. The van der Waals surface area contributed by atoms with Crippen LogP contribution in [0.25, 0.3) is 0 Å². The van der Waals surface area contributed by atoms with Gasteiger partial charge in [-0.05, 0) is 36.1 Å². The van der Waals surface area contributed by atoms with Crippen LogP contribution in [0, 0.1) is 5.92 Å². The van der Waals surface area contributed by atoms with Crippen molar-refractivity contribution in [2.45, 2.75) is 13.3 Å². The molecule has 0 saturated heterocycles. The highest BCUT2D eigenvalue weighted by molar-refractivity contribution is 6.05. The summed E-state index contributed by atoms with van der Waals surface area (Å²) >= 11 is 0. The van der Waals surface area contributed by atoms with Crippen molar-refractivity contribution in [2.75, 3.05) is 23.8 Å². The molecular formula is C17H19N3O. The fraction of sp³-hybridized carbons (Fsp3) is 0.294. The molecule has 1 amide bonds. The Morgan fingerprint density at radius 1 is 1.24 bits per heavy atom. The highest BCUT2D eigenvalue weighted by atomic mass is 16.2. The first-order valence-corrected chi connectivity index (χ1v) is 7.23. The Bertz CT molecular complexity index is 669. The van der Waals surface area contributed by atoms with Crippen LogP contribution in [-0.4, -0.2) is 24.5 Å². The van der Waals surface area contributed by atoms with E-state index in [1.165, 1.54) is 5.56 Å². The van der Waals surface area contributed by atoms with Crippen LogP contribution in [0.4, 0.5) is 11.5 Å². The fourth-order valence-electron chi connectivity index (χ4n) is 2.82. The summed E-state index contributed by atoms with van der Waals surface area (Å²) in [6.07, 6.45) is 1.02. The zero-order valence-corrected chi connectivity index (χ0v) is 12.3. The number of amides is 1. The van der Waals surface area contributed by atoms with Crippen LogP contribution in [0.3, 0.4) is 0 Å². The van der Waals surface area contributed by atoms with E-state index in [2.05, 4.69) is 23.3 Å². The van der Waals surface area contributed by atoms with Crippen molar-refractivity contribution in [2.24, 2.45) is 5.92 Å². The molecule has 1 aliphatic heterocycles. The number of nitrogens with one attached hydrogen (secondary N) is 1. The van der Waals surface area contributed by atoms with E-state index in [9.17, 15) is 4.79 Å². The maximum Gasteiger partial charge on any atom is 0.276 e. The van der Waals surface area contributed by atoms with Crippen LogP contribution < -0.4 is 10.2 Å². The van der Waals surface area contributed by atoms with E-state index < -0.39 is 0 Å². The summed E-state index contributed by atoms with van der Waals surface area (Å²) < 4.78 is 0. The summed E-state index contributed by atoms with van der Waals surface area (Å²) in [6, 6.07) is 13.6. The van der Waals surface area contributed by atoms with Gasteiger partial charge in [0.1, 0.15) is 11.5 Å². The first kappa shape index (κ1) is 13.6. The lowest BCUT2D eigenvalue weighted by Gasteiger charge is -2.33. The van der Waals surface area contributed by atoms with E-state index in [4.69, 9.17) is 0 Å². The van der Waals surface area contributed by atoms with Gasteiger partial charge in [-0.1, -0.05) is 31.2 Å². The van der Waals surface area contributed by atoms with Gasteiger partial charge < -0.3 is 10.2 Å². The third-order valence-corrected chi connectivity index (χ3v) is 3.81. The fourth-order valence-corrected chi connectivity index (χ4v) is 2.82. The van der Waals surface area contributed by atoms with Gasteiger partial charge in [0.25, 0.3) is 5.91 Å². The number of fused-ring (bicyclic) bond motifs is 1. The highest BCUT2D eigenvalue weighted by Gasteiger charge is 2.27. The number of nitrogens with zero attached hydrogens (tertiary/aromatic N) is 2. The minimum absolute atomic E-state index is 0.0360. The second-order valence-electron chi connectivity index (χ2n) is 5.51. The smallest absolute Gasteiger partial charge is 0.276 e. The summed E-state index contributed by atoms with van der Waals surface area (Å²) in [5.74, 6) is 1.13. The summed E-state index contributed by atoms with van der Waals surface area (Å²) in [5, 5.41) is 2.97. The van der Waals surface area contributed by atoms with Crippen LogP contribution in [-0.2, 0) is 6.42 Å². The van der Waals surface area contributed by atoms with Gasteiger partial charge in [-0.25, -0.2) is 4.98 Å². The predicted molar refractivity (Wildman–Crippen MR) is 84.8 cm³/mol. The molecule has 4 nitrogen and oxygen atoms in total. The Morgan fingerprint density at radius 3 is 2.86 bits per heavy atom. The molecule has 4 heteroatoms. The minimum Gasteiger partial charge on any atom is -0.373 e. The van der Waals surface area contributed by atoms with Crippen LogP contribution in [0.1, 0.15) is 23.0 Å². The van der Waals surface area contributed by atoms with Gasteiger partial charge in [-0.2, -0.15) is 0 Å². The third-order valence-electron chi connectivity index (χ3n) is 3.81. The van der Waals surface area contributed by atoms with Crippen molar-refractivity contribution in [1.29, 1.82) is 0 Å². The largest absolute Gasteiger partial charge is 0.373 e. The standard InChI is InChI=1S/C17H19N3O/c1-12-10-13-6-3-4-8-15(13)20(11-12)17(21)14-7-5-9-16(18-2)19-14/h3-9,12H,10-11H2,1-2H3,(H,18,19). The molecule has 3 rings (SSSR count). The molecule has 1 unspecified atom stereocenters. The van der Waals surface area contributed by atoms with Gasteiger partial charge in [-0.15, -0.1) is 0 Å². The van der Waals surface area contributed by atoms with Gasteiger partial charge in [0.2, 0.25) is 0 Å². The monoisotopic (exact) mass is 281 g/mol. The average Bonchev–Trinajstić information content (AvgIpc) is 2.53. The van der Waals surface area contributed by atoms with Crippen molar-refractivity contribution in [3.05, 3.63) is 53.7 Å². The Morgan fingerprint density at radius 2 is 2.05 bits per heavy atom. The molecule has 0 aliphatic carbocycles. The van der Waals surface area contributed by atoms with Gasteiger partial charge >= 0.3 is 0 Å². The first-order valence-electron chi connectivity index (χ1n) is 7.23. The van der Waals surface area contributed by atoms with Crippen LogP contribution >= 0.6 is 0 Å². The highest BCUT2D eigenvalue weighted by Crippen LogP contribution is 2.30. The zero-order chi connectivity index (χ0) is 14.8. The molecule has 0 bridgehead atoms. The normalized spacial score (nSPS) is 17.2. The molecule has 0 spiro atoms.